The van der Waals surface area contributed by atoms with Gasteiger partial charge in [-0.2, -0.15) is 0 Å². The maximum atomic E-state index is 13.2. The molecule has 1 amide bonds. The molecule has 1 fully saturated rings. The van der Waals surface area contributed by atoms with Crippen molar-refractivity contribution in [3.05, 3.63) is 29.8 Å². The molecule has 22 heavy (non-hydrogen) atoms. The lowest BCUT2D eigenvalue weighted by Gasteiger charge is -2.34. The van der Waals surface area contributed by atoms with Crippen LogP contribution < -0.4 is 5.32 Å². The molecule has 0 atom stereocenters. The Bertz CT molecular complexity index is 535. The fraction of sp³-hybridized carbons (Fsp3) is 0.562. The molecule has 0 radical (unpaired) electrons. The summed E-state index contributed by atoms with van der Waals surface area (Å²) in [6.07, 6.45) is 1.16. The monoisotopic (exact) mass is 312 g/mol. The molecule has 1 N–H and O–H groups in total. The lowest BCUT2D eigenvalue weighted by molar-refractivity contribution is 0.0210. The first kappa shape index (κ1) is 16.5. The van der Waals surface area contributed by atoms with Gasteiger partial charge in [-0.1, -0.05) is 0 Å². The van der Waals surface area contributed by atoms with Gasteiger partial charge in [0, 0.05) is 30.9 Å². The largest absolute Gasteiger partial charge is 0.444 e. The van der Waals surface area contributed by atoms with E-state index in [1.807, 2.05) is 20.8 Å². The quantitative estimate of drug-likeness (QED) is 0.903. The van der Waals surface area contributed by atoms with Crippen molar-refractivity contribution in [1.29, 1.82) is 0 Å². The maximum Gasteiger partial charge on any atom is 0.410 e. The summed E-state index contributed by atoms with van der Waals surface area (Å²) in [6.45, 7) is 6.67. The van der Waals surface area contributed by atoms with Crippen LogP contribution in [-0.4, -0.2) is 35.7 Å². The van der Waals surface area contributed by atoms with E-state index in [2.05, 4.69) is 5.32 Å². The van der Waals surface area contributed by atoms with Gasteiger partial charge in [0.15, 0.2) is 11.6 Å². The molecule has 0 saturated carbocycles. The molecule has 0 bridgehead atoms. The smallest absolute Gasteiger partial charge is 0.410 e. The number of hydrogen-bond donors (Lipinski definition) is 1. The standard InChI is InChI=1S/C16H22F2N2O2/c1-16(2,3)22-15(21)20-8-6-11(7-9-20)19-12-4-5-13(17)14(18)10-12/h4-5,10-11,19H,6-9H2,1-3H3. The topological polar surface area (TPSA) is 41.6 Å². The van der Waals surface area contributed by atoms with Crippen molar-refractivity contribution in [1.82, 2.24) is 4.90 Å². The van der Waals surface area contributed by atoms with Crippen LogP contribution >= 0.6 is 0 Å². The van der Waals surface area contributed by atoms with Crippen LogP contribution in [-0.2, 0) is 4.74 Å². The van der Waals surface area contributed by atoms with E-state index in [0.29, 0.717) is 18.8 Å². The predicted molar refractivity (Wildman–Crippen MR) is 80.8 cm³/mol. The van der Waals surface area contributed by atoms with Crippen molar-refractivity contribution >= 4 is 11.8 Å². The Kier molecular flexibility index (Phi) is 4.88. The van der Waals surface area contributed by atoms with E-state index in [-0.39, 0.29) is 12.1 Å². The summed E-state index contributed by atoms with van der Waals surface area (Å²) in [7, 11) is 0. The number of hydrogen-bond acceptors (Lipinski definition) is 3. The number of anilines is 1. The number of ether oxygens (including phenoxy) is 1. The number of likely N-dealkylation sites (tertiary alicyclic amines) is 1. The molecule has 2 rings (SSSR count). The van der Waals surface area contributed by atoms with Gasteiger partial charge >= 0.3 is 6.09 Å². The minimum absolute atomic E-state index is 0.128. The van der Waals surface area contributed by atoms with Crippen LogP contribution in [0.25, 0.3) is 0 Å². The van der Waals surface area contributed by atoms with Gasteiger partial charge in [-0.25, -0.2) is 13.6 Å². The molecule has 6 heteroatoms. The van der Waals surface area contributed by atoms with Crippen molar-refractivity contribution in [2.45, 2.75) is 45.3 Å². The zero-order valence-electron chi connectivity index (χ0n) is 13.2. The second-order valence-electron chi connectivity index (χ2n) is 6.51. The Morgan fingerprint density at radius 1 is 1.23 bits per heavy atom. The second kappa shape index (κ2) is 6.50. The van der Waals surface area contributed by atoms with Crippen molar-refractivity contribution in [3.63, 3.8) is 0 Å². The SMILES string of the molecule is CC(C)(C)OC(=O)N1CCC(Nc2ccc(F)c(F)c2)CC1. The van der Waals surface area contributed by atoms with Gasteiger partial charge in [0.2, 0.25) is 0 Å². The van der Waals surface area contributed by atoms with Gasteiger partial charge in [-0.05, 0) is 45.7 Å². The lowest BCUT2D eigenvalue weighted by Crippen LogP contribution is -2.44. The number of rotatable bonds is 2. The van der Waals surface area contributed by atoms with Crippen molar-refractivity contribution in [3.8, 4) is 0 Å². The van der Waals surface area contributed by atoms with Crippen LogP contribution in [0.2, 0.25) is 0 Å². The van der Waals surface area contributed by atoms with Gasteiger partial charge in [0.25, 0.3) is 0 Å². The molecule has 0 aromatic heterocycles. The summed E-state index contributed by atoms with van der Waals surface area (Å²) < 4.78 is 31.4. The minimum Gasteiger partial charge on any atom is -0.444 e. The van der Waals surface area contributed by atoms with E-state index < -0.39 is 17.2 Å². The van der Waals surface area contributed by atoms with Crippen LogP contribution in [0.15, 0.2) is 18.2 Å². The number of piperidine rings is 1. The minimum atomic E-state index is -0.865. The first-order valence-electron chi connectivity index (χ1n) is 7.44. The molecule has 1 aromatic carbocycles. The molecule has 0 unspecified atom stereocenters. The molecular formula is C16H22F2N2O2. The van der Waals surface area contributed by atoms with Crippen molar-refractivity contribution in [2.75, 3.05) is 18.4 Å². The van der Waals surface area contributed by atoms with E-state index in [0.717, 1.165) is 25.0 Å². The molecule has 1 aliphatic heterocycles. The number of halogens is 2. The molecular weight excluding hydrogens is 290 g/mol. The number of benzene rings is 1. The van der Waals surface area contributed by atoms with E-state index in [9.17, 15) is 13.6 Å². The molecule has 4 nitrogen and oxygen atoms in total. The van der Waals surface area contributed by atoms with E-state index in [1.54, 1.807) is 4.90 Å². The Morgan fingerprint density at radius 3 is 2.41 bits per heavy atom. The molecule has 1 saturated heterocycles. The number of amides is 1. The van der Waals surface area contributed by atoms with E-state index in [4.69, 9.17) is 4.74 Å². The van der Waals surface area contributed by atoms with Crippen LogP contribution in [0.5, 0.6) is 0 Å². The third-order valence-electron chi connectivity index (χ3n) is 3.44. The first-order valence-corrected chi connectivity index (χ1v) is 7.44. The van der Waals surface area contributed by atoms with E-state index in [1.165, 1.54) is 6.07 Å². The number of carbonyl (C=O) groups is 1. The molecule has 122 valence electrons. The summed E-state index contributed by atoms with van der Waals surface area (Å²) in [6, 6.07) is 3.89. The van der Waals surface area contributed by atoms with Crippen LogP contribution in [0.3, 0.4) is 0 Å². The Morgan fingerprint density at radius 2 is 1.86 bits per heavy atom. The Balaban J connectivity index is 1.84. The number of carbonyl (C=O) groups excluding carboxylic acids is 1. The zero-order valence-corrected chi connectivity index (χ0v) is 13.2. The maximum absolute atomic E-state index is 13.2. The Labute approximate surface area is 129 Å². The average Bonchev–Trinajstić information content (AvgIpc) is 2.42. The van der Waals surface area contributed by atoms with Crippen molar-refractivity contribution < 1.29 is 18.3 Å². The lowest BCUT2D eigenvalue weighted by atomic mass is 10.0. The van der Waals surface area contributed by atoms with Crippen LogP contribution in [0, 0.1) is 11.6 Å². The third kappa shape index (κ3) is 4.58. The molecule has 0 aliphatic carbocycles. The van der Waals surface area contributed by atoms with Gasteiger partial charge in [-0.15, -0.1) is 0 Å². The summed E-state index contributed by atoms with van der Waals surface area (Å²) in [5.74, 6) is -1.72. The molecule has 1 heterocycles. The Hall–Kier alpha value is -1.85. The number of nitrogens with one attached hydrogen (secondary N) is 1. The van der Waals surface area contributed by atoms with Gasteiger partial charge < -0.3 is 15.0 Å². The van der Waals surface area contributed by atoms with Gasteiger partial charge in [0.05, 0.1) is 0 Å². The van der Waals surface area contributed by atoms with Crippen molar-refractivity contribution in [2.24, 2.45) is 0 Å². The first-order chi connectivity index (χ1) is 10.2. The zero-order chi connectivity index (χ0) is 16.3. The average molecular weight is 312 g/mol. The highest BCUT2D eigenvalue weighted by atomic mass is 19.2. The molecule has 0 spiro atoms. The number of nitrogens with zero attached hydrogens (tertiary/aromatic N) is 1. The third-order valence-corrected chi connectivity index (χ3v) is 3.44. The highest BCUT2D eigenvalue weighted by molar-refractivity contribution is 5.68. The molecule has 1 aliphatic rings. The summed E-state index contributed by atoms with van der Waals surface area (Å²) in [4.78, 5) is 13.6. The fourth-order valence-corrected chi connectivity index (χ4v) is 2.35. The highest BCUT2D eigenvalue weighted by Crippen LogP contribution is 2.20. The van der Waals surface area contributed by atoms with Crippen LogP contribution in [0.1, 0.15) is 33.6 Å². The molecule has 1 aromatic rings. The van der Waals surface area contributed by atoms with Gasteiger partial charge in [0.1, 0.15) is 5.60 Å². The predicted octanol–water partition coefficient (Wildman–Crippen LogP) is 3.78. The fourth-order valence-electron chi connectivity index (χ4n) is 2.35. The second-order valence-corrected chi connectivity index (χ2v) is 6.51. The summed E-state index contributed by atoms with van der Waals surface area (Å²) in [5, 5.41) is 3.17. The normalized spacial score (nSPS) is 16.5. The summed E-state index contributed by atoms with van der Waals surface area (Å²) >= 11 is 0. The van der Waals surface area contributed by atoms with Crippen LogP contribution in [0.4, 0.5) is 19.3 Å². The van der Waals surface area contributed by atoms with E-state index >= 15 is 0 Å². The summed E-state index contributed by atoms with van der Waals surface area (Å²) in [5.41, 5.74) is 0.0484. The highest BCUT2D eigenvalue weighted by Gasteiger charge is 2.26. The van der Waals surface area contributed by atoms with Gasteiger partial charge in [-0.3, -0.25) is 0 Å².